The Hall–Kier alpha value is -1.35. The van der Waals surface area contributed by atoms with Gasteiger partial charge in [0, 0.05) is 5.56 Å². The van der Waals surface area contributed by atoms with E-state index in [9.17, 15) is 4.79 Å². The fourth-order valence-corrected chi connectivity index (χ4v) is 3.48. The second kappa shape index (κ2) is 6.61. The molecular weight excluding hydrogens is 262 g/mol. The number of hydrogen-bond donors (Lipinski definition) is 0. The van der Waals surface area contributed by atoms with Crippen LogP contribution in [0.5, 0.6) is 5.75 Å². The molecule has 2 atom stereocenters. The molecule has 1 aliphatic rings. The van der Waals surface area contributed by atoms with Gasteiger partial charge in [0.2, 0.25) is 0 Å². The van der Waals surface area contributed by atoms with Gasteiger partial charge in [0.15, 0.2) is 5.78 Å². The zero-order chi connectivity index (χ0) is 15.5. The van der Waals surface area contributed by atoms with Crippen LogP contribution < -0.4 is 4.74 Å². The van der Waals surface area contributed by atoms with Crippen molar-refractivity contribution in [1.82, 2.24) is 4.90 Å². The zero-order valence-electron chi connectivity index (χ0n) is 13.7. The van der Waals surface area contributed by atoms with Crippen molar-refractivity contribution in [3.05, 3.63) is 29.8 Å². The number of Topliss-reactive ketones (excluding diaryl/α,β-unsaturated/α-hetero) is 1. The van der Waals surface area contributed by atoms with Crippen LogP contribution in [0.4, 0.5) is 0 Å². The molecular formula is C18H27NO2. The van der Waals surface area contributed by atoms with Crippen LogP contribution in [-0.2, 0) is 0 Å². The van der Waals surface area contributed by atoms with E-state index >= 15 is 0 Å². The van der Waals surface area contributed by atoms with Gasteiger partial charge in [-0.3, -0.25) is 9.69 Å². The number of ketones is 1. The average Bonchev–Trinajstić information content (AvgIpc) is 2.47. The first-order chi connectivity index (χ1) is 9.99. The van der Waals surface area contributed by atoms with Crippen LogP contribution in [0.1, 0.15) is 49.9 Å². The molecule has 1 fully saturated rings. The molecule has 0 aromatic heterocycles. The third-order valence-corrected chi connectivity index (χ3v) is 4.68. The number of nitrogens with zero attached hydrogens (tertiary/aromatic N) is 1. The van der Waals surface area contributed by atoms with Gasteiger partial charge in [-0.2, -0.15) is 0 Å². The Morgan fingerprint density at radius 3 is 2.52 bits per heavy atom. The van der Waals surface area contributed by atoms with E-state index in [1.165, 1.54) is 6.42 Å². The summed E-state index contributed by atoms with van der Waals surface area (Å²) in [6, 6.07) is 7.59. The fourth-order valence-electron chi connectivity index (χ4n) is 3.48. The SMILES string of the molecule is CCOc1ccc(C(=O)C2(N(C)C)CCCC(C)C2)cc1. The van der Waals surface area contributed by atoms with E-state index in [0.717, 1.165) is 30.6 Å². The van der Waals surface area contributed by atoms with Crippen LogP contribution in [0.3, 0.4) is 0 Å². The van der Waals surface area contributed by atoms with Crippen molar-refractivity contribution >= 4 is 5.78 Å². The maximum atomic E-state index is 13.1. The van der Waals surface area contributed by atoms with Crippen molar-refractivity contribution in [2.45, 2.75) is 45.1 Å². The largest absolute Gasteiger partial charge is 0.494 e. The summed E-state index contributed by atoms with van der Waals surface area (Å²) in [6.07, 6.45) is 4.26. The van der Waals surface area contributed by atoms with Crippen LogP contribution in [0.2, 0.25) is 0 Å². The number of rotatable bonds is 5. The van der Waals surface area contributed by atoms with Crippen molar-refractivity contribution in [2.24, 2.45) is 5.92 Å². The van der Waals surface area contributed by atoms with Crippen molar-refractivity contribution in [1.29, 1.82) is 0 Å². The highest BCUT2D eigenvalue weighted by atomic mass is 16.5. The number of carbonyl (C=O) groups excluding carboxylic acids is 1. The Kier molecular flexibility index (Phi) is 5.04. The van der Waals surface area contributed by atoms with Gasteiger partial charge in [-0.15, -0.1) is 0 Å². The molecule has 3 heteroatoms. The number of likely N-dealkylation sites (N-methyl/N-ethyl adjacent to an activating group) is 1. The van der Waals surface area contributed by atoms with E-state index in [1.807, 2.05) is 45.3 Å². The molecule has 3 nitrogen and oxygen atoms in total. The molecule has 1 aromatic rings. The van der Waals surface area contributed by atoms with Crippen molar-refractivity contribution < 1.29 is 9.53 Å². The second-order valence-electron chi connectivity index (χ2n) is 6.41. The van der Waals surface area contributed by atoms with Crippen LogP contribution in [0.25, 0.3) is 0 Å². The number of benzene rings is 1. The van der Waals surface area contributed by atoms with E-state index in [0.29, 0.717) is 12.5 Å². The summed E-state index contributed by atoms with van der Waals surface area (Å²) in [7, 11) is 4.06. The lowest BCUT2D eigenvalue weighted by Crippen LogP contribution is -2.53. The highest BCUT2D eigenvalue weighted by Crippen LogP contribution is 2.38. The Balaban J connectivity index is 2.26. The standard InChI is InChI=1S/C18H27NO2/c1-5-21-16-10-8-15(9-11-16)17(20)18(19(3)4)12-6-7-14(2)13-18/h8-11,14H,5-7,12-13H2,1-4H3. The first-order valence-electron chi connectivity index (χ1n) is 7.94. The zero-order valence-corrected chi connectivity index (χ0v) is 13.7. The molecule has 2 unspecified atom stereocenters. The molecule has 0 spiro atoms. The number of ether oxygens (including phenoxy) is 1. The lowest BCUT2D eigenvalue weighted by molar-refractivity contribution is 0.0486. The first-order valence-corrected chi connectivity index (χ1v) is 7.94. The second-order valence-corrected chi connectivity index (χ2v) is 6.41. The number of hydrogen-bond acceptors (Lipinski definition) is 3. The van der Waals surface area contributed by atoms with Gasteiger partial charge < -0.3 is 4.74 Å². The van der Waals surface area contributed by atoms with Crippen LogP contribution in [-0.4, -0.2) is 36.9 Å². The van der Waals surface area contributed by atoms with Crippen LogP contribution >= 0.6 is 0 Å². The third kappa shape index (κ3) is 3.29. The fraction of sp³-hybridized carbons (Fsp3) is 0.611. The van der Waals surface area contributed by atoms with Gasteiger partial charge in [0.1, 0.15) is 5.75 Å². The molecule has 0 bridgehead atoms. The molecule has 0 amide bonds. The lowest BCUT2D eigenvalue weighted by atomic mass is 9.71. The van der Waals surface area contributed by atoms with E-state index in [1.54, 1.807) is 0 Å². The van der Waals surface area contributed by atoms with Gasteiger partial charge in [-0.05, 0) is 64.0 Å². The predicted octanol–water partition coefficient (Wildman–Crippen LogP) is 3.78. The molecule has 0 heterocycles. The summed E-state index contributed by atoms with van der Waals surface area (Å²) in [5.41, 5.74) is 0.450. The Morgan fingerprint density at radius 1 is 1.33 bits per heavy atom. The molecule has 0 radical (unpaired) electrons. The van der Waals surface area contributed by atoms with Gasteiger partial charge in [0.25, 0.3) is 0 Å². The molecule has 116 valence electrons. The topological polar surface area (TPSA) is 29.5 Å². The van der Waals surface area contributed by atoms with Crippen LogP contribution in [0, 0.1) is 5.92 Å². The van der Waals surface area contributed by atoms with E-state index in [-0.39, 0.29) is 11.3 Å². The van der Waals surface area contributed by atoms with Crippen molar-refractivity contribution in [3.8, 4) is 5.75 Å². The number of carbonyl (C=O) groups is 1. The summed E-state index contributed by atoms with van der Waals surface area (Å²) in [6.45, 7) is 4.86. The predicted molar refractivity (Wildman–Crippen MR) is 86.0 cm³/mol. The molecule has 0 aliphatic heterocycles. The monoisotopic (exact) mass is 289 g/mol. The molecule has 0 N–H and O–H groups in total. The van der Waals surface area contributed by atoms with Gasteiger partial charge in [-0.1, -0.05) is 19.8 Å². The maximum absolute atomic E-state index is 13.1. The summed E-state index contributed by atoms with van der Waals surface area (Å²) >= 11 is 0. The summed E-state index contributed by atoms with van der Waals surface area (Å²) < 4.78 is 5.45. The first kappa shape index (κ1) is 16.0. The van der Waals surface area contributed by atoms with E-state index in [2.05, 4.69) is 11.8 Å². The summed E-state index contributed by atoms with van der Waals surface area (Å²) in [4.78, 5) is 15.2. The molecule has 1 saturated carbocycles. The highest BCUT2D eigenvalue weighted by molar-refractivity contribution is 6.03. The minimum atomic E-state index is -0.342. The average molecular weight is 289 g/mol. The van der Waals surface area contributed by atoms with Crippen molar-refractivity contribution in [3.63, 3.8) is 0 Å². The van der Waals surface area contributed by atoms with Gasteiger partial charge in [0.05, 0.1) is 12.1 Å². The Morgan fingerprint density at radius 2 is 2.00 bits per heavy atom. The van der Waals surface area contributed by atoms with Gasteiger partial charge >= 0.3 is 0 Å². The molecule has 2 rings (SSSR count). The maximum Gasteiger partial charge on any atom is 0.183 e. The smallest absolute Gasteiger partial charge is 0.183 e. The molecule has 0 saturated heterocycles. The Bertz CT molecular complexity index is 480. The highest BCUT2D eigenvalue weighted by Gasteiger charge is 2.43. The van der Waals surface area contributed by atoms with Crippen molar-refractivity contribution in [2.75, 3.05) is 20.7 Å². The summed E-state index contributed by atoms with van der Waals surface area (Å²) in [5.74, 6) is 1.68. The molecule has 1 aliphatic carbocycles. The Labute approximate surface area is 128 Å². The third-order valence-electron chi connectivity index (χ3n) is 4.68. The molecule has 1 aromatic carbocycles. The quantitative estimate of drug-likeness (QED) is 0.773. The normalized spacial score (nSPS) is 25.9. The minimum absolute atomic E-state index is 0.252. The lowest BCUT2D eigenvalue weighted by Gasteiger charge is -2.43. The van der Waals surface area contributed by atoms with Gasteiger partial charge in [-0.25, -0.2) is 0 Å². The van der Waals surface area contributed by atoms with E-state index in [4.69, 9.17) is 4.74 Å². The molecule has 21 heavy (non-hydrogen) atoms. The van der Waals surface area contributed by atoms with E-state index < -0.39 is 0 Å². The summed E-state index contributed by atoms with van der Waals surface area (Å²) in [5, 5.41) is 0. The van der Waals surface area contributed by atoms with Crippen LogP contribution in [0.15, 0.2) is 24.3 Å². The minimum Gasteiger partial charge on any atom is -0.494 e.